The Morgan fingerprint density at radius 1 is 1.17 bits per heavy atom. The van der Waals surface area contributed by atoms with E-state index in [-0.39, 0.29) is 18.3 Å². The summed E-state index contributed by atoms with van der Waals surface area (Å²) in [6, 6.07) is 11.5. The van der Waals surface area contributed by atoms with Crippen LogP contribution >= 0.6 is 0 Å². The minimum Gasteiger partial charge on any atom is -0.468 e. The number of rotatable bonds is 4. The van der Waals surface area contributed by atoms with Crippen molar-refractivity contribution in [2.45, 2.75) is 0 Å². The molecule has 0 spiro atoms. The van der Waals surface area contributed by atoms with E-state index in [9.17, 15) is 14.0 Å². The van der Waals surface area contributed by atoms with Gasteiger partial charge in [0.15, 0.2) is 0 Å². The second kappa shape index (κ2) is 6.54. The molecule has 3 aromatic rings. The monoisotopic (exact) mass is 326 g/mol. The van der Waals surface area contributed by atoms with Crippen LogP contribution < -0.4 is 5.32 Å². The van der Waals surface area contributed by atoms with Gasteiger partial charge >= 0.3 is 5.97 Å². The SMILES string of the molecule is COC(=O)CNC(=O)c1ccc(-c2c[nH]c3cc(F)ccc23)cc1. The van der Waals surface area contributed by atoms with Crippen LogP contribution in [0.15, 0.2) is 48.7 Å². The Morgan fingerprint density at radius 3 is 2.62 bits per heavy atom. The zero-order valence-electron chi connectivity index (χ0n) is 12.9. The van der Waals surface area contributed by atoms with E-state index < -0.39 is 5.97 Å². The van der Waals surface area contributed by atoms with Crippen molar-refractivity contribution in [2.75, 3.05) is 13.7 Å². The van der Waals surface area contributed by atoms with E-state index in [4.69, 9.17) is 0 Å². The Balaban J connectivity index is 1.81. The average Bonchev–Trinajstić information content (AvgIpc) is 3.02. The second-order valence-electron chi connectivity index (χ2n) is 5.23. The van der Waals surface area contributed by atoms with Crippen LogP contribution in [-0.4, -0.2) is 30.5 Å². The summed E-state index contributed by atoms with van der Waals surface area (Å²) in [6.45, 7) is -0.175. The first-order chi connectivity index (χ1) is 11.6. The van der Waals surface area contributed by atoms with E-state index in [0.717, 1.165) is 16.5 Å². The molecule has 0 aliphatic carbocycles. The Morgan fingerprint density at radius 2 is 1.92 bits per heavy atom. The Labute approximate surface area is 137 Å². The van der Waals surface area contributed by atoms with Crippen molar-refractivity contribution >= 4 is 22.8 Å². The summed E-state index contributed by atoms with van der Waals surface area (Å²) in [6.07, 6.45) is 1.80. The maximum Gasteiger partial charge on any atom is 0.325 e. The lowest BCUT2D eigenvalue weighted by molar-refractivity contribution is -0.139. The number of H-pyrrole nitrogens is 1. The summed E-state index contributed by atoms with van der Waals surface area (Å²) in [5.41, 5.74) is 2.97. The number of hydrogen-bond acceptors (Lipinski definition) is 3. The molecule has 0 aliphatic heterocycles. The van der Waals surface area contributed by atoms with Crippen LogP contribution in [0.2, 0.25) is 0 Å². The molecule has 1 amide bonds. The molecule has 24 heavy (non-hydrogen) atoms. The molecule has 2 N–H and O–H groups in total. The zero-order chi connectivity index (χ0) is 17.1. The van der Waals surface area contributed by atoms with Gasteiger partial charge in [0.1, 0.15) is 12.4 Å². The highest BCUT2D eigenvalue weighted by Gasteiger charge is 2.10. The molecule has 5 nitrogen and oxygen atoms in total. The van der Waals surface area contributed by atoms with Gasteiger partial charge in [0.2, 0.25) is 0 Å². The van der Waals surface area contributed by atoms with Gasteiger partial charge in [-0.3, -0.25) is 9.59 Å². The molecule has 3 rings (SSSR count). The summed E-state index contributed by atoms with van der Waals surface area (Å²) in [5.74, 6) is -1.16. The van der Waals surface area contributed by atoms with Crippen molar-refractivity contribution in [3.63, 3.8) is 0 Å². The molecule has 1 heterocycles. The highest BCUT2D eigenvalue weighted by molar-refractivity contribution is 5.98. The number of methoxy groups -OCH3 is 1. The number of fused-ring (bicyclic) bond motifs is 1. The van der Waals surface area contributed by atoms with Crippen molar-refractivity contribution in [1.82, 2.24) is 10.3 Å². The first kappa shape index (κ1) is 15.7. The molecule has 0 atom stereocenters. The molecule has 2 aromatic carbocycles. The number of aromatic amines is 1. The summed E-state index contributed by atoms with van der Waals surface area (Å²) in [4.78, 5) is 26.0. The maximum atomic E-state index is 13.2. The fourth-order valence-corrected chi connectivity index (χ4v) is 2.47. The molecule has 1 aromatic heterocycles. The maximum absolute atomic E-state index is 13.2. The minimum absolute atomic E-state index is 0.175. The zero-order valence-corrected chi connectivity index (χ0v) is 12.9. The van der Waals surface area contributed by atoms with E-state index in [0.29, 0.717) is 11.1 Å². The van der Waals surface area contributed by atoms with Crippen LogP contribution in [0.25, 0.3) is 22.0 Å². The van der Waals surface area contributed by atoms with Crippen molar-refractivity contribution < 1.29 is 18.7 Å². The lowest BCUT2D eigenvalue weighted by Crippen LogP contribution is -2.30. The fourth-order valence-electron chi connectivity index (χ4n) is 2.47. The number of aromatic nitrogens is 1. The van der Waals surface area contributed by atoms with Crippen LogP contribution in [-0.2, 0) is 9.53 Å². The summed E-state index contributed by atoms with van der Waals surface area (Å²) >= 11 is 0. The number of nitrogens with one attached hydrogen (secondary N) is 2. The molecule has 0 saturated carbocycles. The number of esters is 1. The minimum atomic E-state index is -0.508. The molecule has 0 unspecified atom stereocenters. The van der Waals surface area contributed by atoms with E-state index in [1.54, 1.807) is 36.5 Å². The highest BCUT2D eigenvalue weighted by atomic mass is 19.1. The molecule has 0 aliphatic rings. The van der Waals surface area contributed by atoms with Crippen LogP contribution in [0, 0.1) is 5.82 Å². The van der Waals surface area contributed by atoms with Gasteiger partial charge in [-0.2, -0.15) is 0 Å². The van der Waals surface area contributed by atoms with Gasteiger partial charge in [-0.15, -0.1) is 0 Å². The largest absolute Gasteiger partial charge is 0.468 e. The van der Waals surface area contributed by atoms with Gasteiger partial charge < -0.3 is 15.0 Å². The molecule has 0 radical (unpaired) electrons. The highest BCUT2D eigenvalue weighted by Crippen LogP contribution is 2.29. The fraction of sp³-hybridized carbons (Fsp3) is 0.111. The quantitative estimate of drug-likeness (QED) is 0.724. The van der Waals surface area contributed by atoms with Gasteiger partial charge in [0, 0.05) is 28.2 Å². The van der Waals surface area contributed by atoms with Gasteiger partial charge in [-0.05, 0) is 35.9 Å². The first-order valence-electron chi connectivity index (χ1n) is 7.30. The summed E-state index contributed by atoms with van der Waals surface area (Å²) in [5, 5.41) is 3.38. The first-order valence-corrected chi connectivity index (χ1v) is 7.30. The molecule has 6 heteroatoms. The van der Waals surface area contributed by atoms with Gasteiger partial charge in [-0.25, -0.2) is 4.39 Å². The van der Waals surface area contributed by atoms with Crippen LogP contribution in [0.1, 0.15) is 10.4 Å². The number of benzene rings is 2. The molecule has 0 saturated heterocycles. The molecule has 122 valence electrons. The Hall–Kier alpha value is -3.15. The summed E-state index contributed by atoms with van der Waals surface area (Å²) < 4.78 is 17.7. The van der Waals surface area contributed by atoms with Crippen LogP contribution in [0.3, 0.4) is 0 Å². The topological polar surface area (TPSA) is 71.2 Å². The number of hydrogen-bond donors (Lipinski definition) is 2. The number of halogens is 1. The van der Waals surface area contributed by atoms with Crippen LogP contribution in [0.4, 0.5) is 4.39 Å². The van der Waals surface area contributed by atoms with Crippen molar-refractivity contribution in [1.29, 1.82) is 0 Å². The number of carbonyl (C=O) groups excluding carboxylic acids is 2. The van der Waals surface area contributed by atoms with E-state index >= 15 is 0 Å². The predicted molar refractivity (Wildman–Crippen MR) is 88.0 cm³/mol. The van der Waals surface area contributed by atoms with Gasteiger partial charge in [-0.1, -0.05) is 12.1 Å². The lowest BCUT2D eigenvalue weighted by atomic mass is 10.0. The average molecular weight is 326 g/mol. The Kier molecular flexibility index (Phi) is 4.29. The Bertz CT molecular complexity index is 900. The normalized spacial score (nSPS) is 10.6. The van der Waals surface area contributed by atoms with E-state index in [2.05, 4.69) is 15.0 Å². The summed E-state index contributed by atoms with van der Waals surface area (Å²) in [7, 11) is 1.26. The third-order valence-electron chi connectivity index (χ3n) is 3.72. The third kappa shape index (κ3) is 3.12. The number of ether oxygens (including phenoxy) is 1. The van der Waals surface area contributed by atoms with E-state index in [1.807, 2.05) is 0 Å². The van der Waals surface area contributed by atoms with Crippen molar-refractivity contribution in [3.05, 3.63) is 60.0 Å². The number of carbonyl (C=O) groups is 2. The molecule has 0 fully saturated rings. The van der Waals surface area contributed by atoms with Gasteiger partial charge in [0.05, 0.1) is 7.11 Å². The predicted octanol–water partition coefficient (Wildman–Crippen LogP) is 2.88. The van der Waals surface area contributed by atoms with Crippen molar-refractivity contribution in [3.8, 4) is 11.1 Å². The molecular weight excluding hydrogens is 311 g/mol. The number of amides is 1. The standard InChI is InChI=1S/C18H15FN2O3/c1-24-17(22)10-21-18(23)12-4-2-11(3-5-12)15-9-20-16-8-13(19)6-7-14(15)16/h2-9,20H,10H2,1H3,(H,21,23). The van der Waals surface area contributed by atoms with E-state index in [1.165, 1.54) is 19.2 Å². The molecule has 0 bridgehead atoms. The van der Waals surface area contributed by atoms with Crippen LogP contribution in [0.5, 0.6) is 0 Å². The third-order valence-corrected chi connectivity index (χ3v) is 3.72. The van der Waals surface area contributed by atoms with Crippen molar-refractivity contribution in [2.24, 2.45) is 0 Å². The smallest absolute Gasteiger partial charge is 0.325 e. The second-order valence-corrected chi connectivity index (χ2v) is 5.23. The van der Waals surface area contributed by atoms with Gasteiger partial charge in [0.25, 0.3) is 5.91 Å². The lowest BCUT2D eigenvalue weighted by Gasteiger charge is -2.05. The molecular formula is C18H15FN2O3.